The highest BCUT2D eigenvalue weighted by Gasteiger charge is 2.42. The summed E-state index contributed by atoms with van der Waals surface area (Å²) >= 11 is 1.80. The highest BCUT2D eigenvalue weighted by atomic mass is 32.1. The maximum absolute atomic E-state index is 7.01. The van der Waals surface area contributed by atoms with E-state index in [1.54, 1.807) is 11.3 Å². The van der Waals surface area contributed by atoms with Crippen molar-refractivity contribution in [2.24, 2.45) is 0 Å². The van der Waals surface area contributed by atoms with Crippen LogP contribution in [0.2, 0.25) is 0 Å². The van der Waals surface area contributed by atoms with Crippen molar-refractivity contribution in [1.82, 2.24) is 19.5 Å². The van der Waals surface area contributed by atoms with Gasteiger partial charge in [-0.1, -0.05) is 140 Å². The lowest BCUT2D eigenvalue weighted by atomic mass is 9.83. The SMILES string of the molecule is C1=CC2c3c(cccc3-c3nc(-c4ccccc4)nc(-c4ccc5c(c4)sc4ccccc45)n3)OC2c2c1n(-c1ccc(-c3ccccc3)cc1)c1ccccc21. The van der Waals surface area contributed by atoms with E-state index < -0.39 is 0 Å². The molecular weight excluding hydrogens is 717 g/mol. The standard InChI is InChI=1S/C51H32N4OS/c1-3-12-31(13-4-1)32-22-25-35(26-23-32)55-41-19-9-7-17-38(41)47-42(55)29-28-39-46-40(18-11-20-43(46)56-48(39)47)51-53-49(33-14-5-2-6-15-33)52-50(54-51)34-24-27-37-36-16-8-10-21-44(36)57-45(37)30-34/h1-30,39,48H. The van der Waals surface area contributed by atoms with Crippen LogP contribution in [0.25, 0.3) is 88.1 Å². The van der Waals surface area contributed by atoms with Crippen LogP contribution in [-0.2, 0) is 0 Å². The molecule has 0 spiro atoms. The van der Waals surface area contributed by atoms with E-state index in [0.29, 0.717) is 17.5 Å². The van der Waals surface area contributed by atoms with Crippen LogP contribution >= 0.6 is 11.3 Å². The van der Waals surface area contributed by atoms with Gasteiger partial charge in [-0.05, 0) is 53.6 Å². The molecule has 4 heterocycles. The van der Waals surface area contributed by atoms with Crippen molar-refractivity contribution < 1.29 is 4.74 Å². The van der Waals surface area contributed by atoms with Crippen LogP contribution in [0.4, 0.5) is 0 Å². The first-order valence-electron chi connectivity index (χ1n) is 19.3. The van der Waals surface area contributed by atoms with E-state index >= 15 is 0 Å². The summed E-state index contributed by atoms with van der Waals surface area (Å²) in [6.07, 6.45) is 4.39. The van der Waals surface area contributed by atoms with Gasteiger partial charge in [0.25, 0.3) is 0 Å². The van der Waals surface area contributed by atoms with Gasteiger partial charge in [0.2, 0.25) is 0 Å². The molecule has 0 amide bonds. The first kappa shape index (κ1) is 32.1. The van der Waals surface area contributed by atoms with Crippen molar-refractivity contribution in [3.05, 3.63) is 193 Å². The van der Waals surface area contributed by atoms with Crippen molar-refractivity contribution in [3.8, 4) is 56.7 Å². The number of para-hydroxylation sites is 1. The van der Waals surface area contributed by atoms with Gasteiger partial charge in [0, 0.05) is 65.0 Å². The molecule has 1 aliphatic heterocycles. The number of hydrogen-bond donors (Lipinski definition) is 0. The predicted molar refractivity (Wildman–Crippen MR) is 233 cm³/mol. The van der Waals surface area contributed by atoms with Crippen LogP contribution in [-0.4, -0.2) is 19.5 Å². The maximum atomic E-state index is 7.01. The molecule has 268 valence electrons. The van der Waals surface area contributed by atoms with Crippen molar-refractivity contribution in [2.45, 2.75) is 12.0 Å². The molecule has 2 unspecified atom stereocenters. The molecular formula is C51H32N4OS. The first-order valence-corrected chi connectivity index (χ1v) is 20.1. The van der Waals surface area contributed by atoms with Gasteiger partial charge < -0.3 is 9.30 Å². The number of rotatable bonds is 5. The largest absolute Gasteiger partial charge is 0.484 e. The Hall–Kier alpha value is -7.15. The molecule has 1 aliphatic carbocycles. The Morgan fingerprint density at radius 2 is 1.14 bits per heavy atom. The van der Waals surface area contributed by atoms with Crippen LogP contribution in [0.15, 0.2) is 176 Å². The summed E-state index contributed by atoms with van der Waals surface area (Å²) in [7, 11) is 0. The third-order valence-electron chi connectivity index (χ3n) is 11.5. The van der Waals surface area contributed by atoms with Crippen molar-refractivity contribution in [2.75, 3.05) is 0 Å². The third kappa shape index (κ3) is 5.11. The van der Waals surface area contributed by atoms with Crippen LogP contribution < -0.4 is 4.74 Å². The van der Waals surface area contributed by atoms with Crippen molar-refractivity contribution in [1.29, 1.82) is 0 Å². The van der Waals surface area contributed by atoms with Gasteiger partial charge in [-0.3, -0.25) is 0 Å². The second-order valence-electron chi connectivity index (χ2n) is 14.7. The number of thiophene rings is 1. The second kappa shape index (κ2) is 12.7. The maximum Gasteiger partial charge on any atom is 0.164 e. The molecule has 10 aromatic rings. The molecule has 57 heavy (non-hydrogen) atoms. The Bertz CT molecular complexity index is 3220. The van der Waals surface area contributed by atoms with Gasteiger partial charge in [-0.15, -0.1) is 11.3 Å². The average molecular weight is 749 g/mol. The minimum atomic E-state index is -0.207. The van der Waals surface area contributed by atoms with Gasteiger partial charge in [0.05, 0.1) is 11.2 Å². The fraction of sp³-hybridized carbons (Fsp3) is 0.0392. The van der Waals surface area contributed by atoms with E-state index in [0.717, 1.165) is 44.9 Å². The fourth-order valence-corrected chi connectivity index (χ4v) is 9.99. The lowest BCUT2D eigenvalue weighted by Gasteiger charge is -2.23. The number of hydrogen-bond acceptors (Lipinski definition) is 5. The van der Waals surface area contributed by atoms with Crippen LogP contribution in [0.1, 0.15) is 28.8 Å². The molecule has 2 atom stereocenters. The summed E-state index contributed by atoms with van der Waals surface area (Å²) in [4.78, 5) is 15.5. The Morgan fingerprint density at radius 3 is 1.96 bits per heavy atom. The minimum Gasteiger partial charge on any atom is -0.484 e. The van der Waals surface area contributed by atoms with E-state index in [2.05, 4.69) is 168 Å². The molecule has 0 saturated heterocycles. The molecule has 0 saturated carbocycles. The van der Waals surface area contributed by atoms with Crippen molar-refractivity contribution >= 4 is 48.5 Å². The minimum absolute atomic E-state index is 0.0290. The average Bonchev–Trinajstić information content (AvgIpc) is 3.96. The zero-order valence-corrected chi connectivity index (χ0v) is 31.4. The quantitative estimate of drug-likeness (QED) is 0.176. The Balaban J connectivity index is 0.984. The number of benzene rings is 7. The molecule has 0 fully saturated rings. The molecule has 0 bridgehead atoms. The number of nitrogens with zero attached hydrogens (tertiary/aromatic N) is 4. The number of aromatic nitrogens is 4. The summed E-state index contributed by atoms with van der Waals surface area (Å²) < 4.78 is 11.9. The fourth-order valence-electron chi connectivity index (χ4n) is 8.84. The highest BCUT2D eigenvalue weighted by Crippen LogP contribution is 2.55. The topological polar surface area (TPSA) is 52.8 Å². The Kier molecular flexibility index (Phi) is 7.16. The Morgan fingerprint density at radius 1 is 0.491 bits per heavy atom. The third-order valence-corrected chi connectivity index (χ3v) is 12.6. The summed E-state index contributed by atoms with van der Waals surface area (Å²) in [5.41, 5.74) is 11.0. The van der Waals surface area contributed by atoms with E-state index in [1.165, 1.54) is 42.2 Å². The van der Waals surface area contributed by atoms with Crippen LogP contribution in [0, 0.1) is 0 Å². The predicted octanol–water partition coefficient (Wildman–Crippen LogP) is 13.1. The number of ether oxygens (including phenoxy) is 1. The molecule has 0 radical (unpaired) electrons. The van der Waals surface area contributed by atoms with Gasteiger partial charge in [-0.25, -0.2) is 15.0 Å². The van der Waals surface area contributed by atoms with Gasteiger partial charge in [0.15, 0.2) is 17.5 Å². The van der Waals surface area contributed by atoms with Gasteiger partial charge >= 0.3 is 0 Å². The van der Waals surface area contributed by atoms with E-state index in [4.69, 9.17) is 19.7 Å². The number of fused-ring (bicyclic) bond motifs is 10. The van der Waals surface area contributed by atoms with Crippen LogP contribution in [0.3, 0.4) is 0 Å². The molecule has 12 rings (SSSR count). The summed E-state index contributed by atoms with van der Waals surface area (Å²) in [6, 6.07) is 59.7. The zero-order chi connectivity index (χ0) is 37.5. The highest BCUT2D eigenvalue weighted by molar-refractivity contribution is 7.25. The molecule has 6 heteroatoms. The molecule has 7 aromatic carbocycles. The summed E-state index contributed by atoms with van der Waals surface area (Å²) in [6.45, 7) is 0. The first-order chi connectivity index (χ1) is 28.2. The second-order valence-corrected chi connectivity index (χ2v) is 15.8. The molecule has 2 aliphatic rings. The normalized spacial score (nSPS) is 15.4. The Labute approximate surface area is 332 Å². The summed E-state index contributed by atoms with van der Waals surface area (Å²) in [5, 5.41) is 3.71. The van der Waals surface area contributed by atoms with Crippen molar-refractivity contribution in [3.63, 3.8) is 0 Å². The molecule has 0 N–H and O–H groups in total. The van der Waals surface area contributed by atoms with E-state index in [-0.39, 0.29) is 12.0 Å². The summed E-state index contributed by atoms with van der Waals surface area (Å²) in [5.74, 6) is 2.76. The molecule has 5 nitrogen and oxygen atoms in total. The smallest absolute Gasteiger partial charge is 0.164 e. The monoisotopic (exact) mass is 748 g/mol. The van der Waals surface area contributed by atoms with Crippen LogP contribution in [0.5, 0.6) is 5.75 Å². The van der Waals surface area contributed by atoms with E-state index in [1.807, 2.05) is 18.2 Å². The lowest BCUT2D eigenvalue weighted by Crippen LogP contribution is -2.14. The van der Waals surface area contributed by atoms with Gasteiger partial charge in [0.1, 0.15) is 11.9 Å². The van der Waals surface area contributed by atoms with Gasteiger partial charge in [-0.2, -0.15) is 0 Å². The lowest BCUT2D eigenvalue weighted by molar-refractivity contribution is 0.224. The molecule has 3 aromatic heterocycles. The van der Waals surface area contributed by atoms with E-state index in [9.17, 15) is 0 Å². The zero-order valence-electron chi connectivity index (χ0n) is 30.6.